The van der Waals surface area contributed by atoms with E-state index in [1.165, 1.54) is 0 Å². The molecule has 0 aliphatic heterocycles. The summed E-state index contributed by atoms with van der Waals surface area (Å²) in [5.41, 5.74) is 4.34. The average molecular weight is 494 g/mol. The van der Waals surface area contributed by atoms with Crippen LogP contribution in [-0.4, -0.2) is 22.6 Å². The van der Waals surface area contributed by atoms with E-state index in [9.17, 15) is 18.0 Å². The molecule has 0 saturated carbocycles. The Labute approximate surface area is 204 Å². The van der Waals surface area contributed by atoms with Crippen LogP contribution in [0.1, 0.15) is 27.2 Å². The number of aromatic nitrogens is 2. The minimum atomic E-state index is -5.19. The Morgan fingerprint density at radius 1 is 1.03 bits per heavy atom. The molecule has 0 atom stereocenters. The van der Waals surface area contributed by atoms with Crippen LogP contribution in [0.3, 0.4) is 0 Å². The molecule has 1 N–H and O–H groups in total. The summed E-state index contributed by atoms with van der Waals surface area (Å²) >= 11 is 0. The topological polar surface area (TPSA) is 102 Å². The number of carbonyl (C=O) groups is 2. The predicted octanol–water partition coefficient (Wildman–Crippen LogP) is 2.61. The number of aryl methyl sites for hydroxylation is 1. The van der Waals surface area contributed by atoms with Gasteiger partial charge in [0.1, 0.15) is 18.7 Å². The molecule has 36 heavy (non-hydrogen) atoms. The lowest BCUT2D eigenvalue weighted by molar-refractivity contribution is -0.671. The molecule has 7 nitrogen and oxygen atoms in total. The molecule has 0 spiro atoms. The molecule has 0 bridgehead atoms. The first-order valence-corrected chi connectivity index (χ1v) is 10.7. The molecule has 4 rings (SSSR count). The second-order valence-electron chi connectivity index (χ2n) is 7.82. The molecule has 0 unspecified atom stereocenters. The third-order valence-electron chi connectivity index (χ3n) is 5.20. The summed E-state index contributed by atoms with van der Waals surface area (Å²) in [6.07, 6.45) is -1.27. The van der Waals surface area contributed by atoms with Crippen molar-refractivity contribution in [2.24, 2.45) is 7.05 Å². The molecule has 4 aromatic rings. The van der Waals surface area contributed by atoms with Crippen LogP contribution < -0.4 is 15.0 Å². The summed E-state index contributed by atoms with van der Waals surface area (Å²) < 4.78 is 35.5. The number of hydrogen-bond donors (Lipinski definition) is 1. The van der Waals surface area contributed by atoms with Gasteiger partial charge in [0.05, 0.1) is 11.6 Å². The molecule has 0 aliphatic carbocycles. The van der Waals surface area contributed by atoms with Gasteiger partial charge in [-0.05, 0) is 35.4 Å². The van der Waals surface area contributed by atoms with Crippen molar-refractivity contribution in [1.29, 1.82) is 5.26 Å². The Hall–Kier alpha value is -4.65. The molecule has 0 saturated heterocycles. The standard InChI is InChI=1S/C24H20N4O.C2HF3O2/c1-27-12-10-19(11-13-27)16-26-24(29)23-14-21-4-2-3-5-22(21)28(23)17-20-8-6-18(15-25)7-9-20;3-2(4,5)1(6)7/h2-14H,16-17H2,1H3;(H,6,7). The number of carboxylic acids is 1. The first kappa shape index (κ1) is 26.0. The van der Waals surface area contributed by atoms with E-state index in [1.54, 1.807) is 12.1 Å². The van der Waals surface area contributed by atoms with E-state index in [1.807, 2.05) is 83.2 Å². The highest BCUT2D eigenvalue weighted by Gasteiger charge is 2.28. The number of rotatable bonds is 5. The van der Waals surface area contributed by atoms with Gasteiger partial charge in [0.25, 0.3) is 5.91 Å². The first-order valence-electron chi connectivity index (χ1n) is 10.7. The third-order valence-corrected chi connectivity index (χ3v) is 5.20. The molecule has 10 heteroatoms. The number of nitriles is 1. The van der Waals surface area contributed by atoms with Gasteiger partial charge < -0.3 is 19.8 Å². The molecule has 0 radical (unpaired) electrons. The van der Waals surface area contributed by atoms with Gasteiger partial charge in [0.15, 0.2) is 12.4 Å². The van der Waals surface area contributed by atoms with Crippen molar-refractivity contribution in [1.82, 2.24) is 9.88 Å². The maximum Gasteiger partial charge on any atom is 0.430 e. The highest BCUT2D eigenvalue weighted by atomic mass is 19.4. The molecule has 1 amide bonds. The van der Waals surface area contributed by atoms with E-state index < -0.39 is 12.1 Å². The van der Waals surface area contributed by atoms with E-state index in [4.69, 9.17) is 15.2 Å². The Balaban J connectivity index is 0.000000454. The summed E-state index contributed by atoms with van der Waals surface area (Å²) in [6, 6.07) is 23.5. The molecular weight excluding hydrogens is 473 g/mol. The first-order chi connectivity index (χ1) is 17.1. The number of aliphatic carboxylic acids is 1. The lowest BCUT2D eigenvalue weighted by Crippen LogP contribution is -2.37. The van der Waals surface area contributed by atoms with Gasteiger partial charge in [-0.25, -0.2) is 4.57 Å². The zero-order valence-corrected chi connectivity index (χ0v) is 19.1. The molecular formula is C26H21F3N4O3. The SMILES string of the molecule is C[n+]1ccc(CNC(=O)c2cc3ccccc3n2Cc2ccc(C#N)cc2)cc1.O=C([O-])C(F)(F)F. The average Bonchev–Trinajstić information content (AvgIpc) is 3.22. The van der Waals surface area contributed by atoms with Crippen LogP contribution in [0.5, 0.6) is 0 Å². The van der Waals surface area contributed by atoms with Gasteiger partial charge in [0.2, 0.25) is 0 Å². The van der Waals surface area contributed by atoms with Crippen molar-refractivity contribution in [3.8, 4) is 6.07 Å². The Morgan fingerprint density at radius 3 is 2.22 bits per heavy atom. The second-order valence-corrected chi connectivity index (χ2v) is 7.82. The van der Waals surface area contributed by atoms with E-state index in [-0.39, 0.29) is 5.91 Å². The van der Waals surface area contributed by atoms with E-state index in [0.29, 0.717) is 24.3 Å². The number of amides is 1. The van der Waals surface area contributed by atoms with E-state index in [2.05, 4.69) is 11.4 Å². The number of nitrogens with zero attached hydrogens (tertiary/aromatic N) is 3. The van der Waals surface area contributed by atoms with Gasteiger partial charge >= 0.3 is 6.18 Å². The van der Waals surface area contributed by atoms with Crippen molar-refractivity contribution in [2.75, 3.05) is 0 Å². The zero-order chi connectivity index (χ0) is 26.3. The number of benzene rings is 2. The third kappa shape index (κ3) is 6.70. The fourth-order valence-corrected chi connectivity index (χ4v) is 3.36. The largest absolute Gasteiger partial charge is 0.542 e. The lowest BCUT2D eigenvalue weighted by Gasteiger charge is -2.11. The second kappa shape index (κ2) is 11.2. The van der Waals surface area contributed by atoms with Crippen LogP contribution in [-0.2, 0) is 24.9 Å². The normalized spacial score (nSPS) is 10.8. The Bertz CT molecular complexity index is 1400. The number of fused-ring (bicyclic) bond motifs is 1. The highest BCUT2D eigenvalue weighted by Crippen LogP contribution is 2.22. The van der Waals surface area contributed by atoms with Crippen molar-refractivity contribution >= 4 is 22.8 Å². The summed E-state index contributed by atoms with van der Waals surface area (Å²) in [6.45, 7) is 1.03. The van der Waals surface area contributed by atoms with Crippen LogP contribution in [0.2, 0.25) is 0 Å². The summed E-state index contributed by atoms with van der Waals surface area (Å²) in [5, 5.41) is 21.8. The fraction of sp³-hybridized carbons (Fsp3) is 0.154. The van der Waals surface area contributed by atoms with Crippen molar-refractivity contribution in [2.45, 2.75) is 19.3 Å². The van der Waals surface area contributed by atoms with Gasteiger partial charge in [-0.1, -0.05) is 30.3 Å². The number of para-hydroxylation sites is 1. The van der Waals surface area contributed by atoms with Gasteiger partial charge in [-0.2, -0.15) is 18.4 Å². The van der Waals surface area contributed by atoms with Crippen molar-refractivity contribution < 1.29 is 32.4 Å². The maximum absolute atomic E-state index is 13.0. The van der Waals surface area contributed by atoms with Crippen LogP contribution >= 0.6 is 0 Å². The van der Waals surface area contributed by atoms with Crippen molar-refractivity contribution in [3.05, 3.63) is 102 Å². The van der Waals surface area contributed by atoms with Gasteiger partial charge in [-0.15, -0.1) is 0 Å². The minimum absolute atomic E-state index is 0.108. The Kier molecular flexibility index (Phi) is 8.07. The minimum Gasteiger partial charge on any atom is -0.542 e. The lowest BCUT2D eigenvalue weighted by atomic mass is 10.1. The molecule has 0 fully saturated rings. The monoisotopic (exact) mass is 494 g/mol. The number of carboxylic acid groups (broad SMARTS) is 1. The molecule has 184 valence electrons. The number of hydrogen-bond acceptors (Lipinski definition) is 4. The smallest absolute Gasteiger partial charge is 0.430 e. The van der Waals surface area contributed by atoms with Crippen LogP contribution in [0.15, 0.2) is 79.1 Å². The van der Waals surface area contributed by atoms with Crippen LogP contribution in [0.25, 0.3) is 10.9 Å². The van der Waals surface area contributed by atoms with Crippen molar-refractivity contribution in [3.63, 3.8) is 0 Å². The van der Waals surface area contributed by atoms with Crippen LogP contribution in [0.4, 0.5) is 13.2 Å². The number of alkyl halides is 3. The molecule has 2 aromatic heterocycles. The van der Waals surface area contributed by atoms with E-state index in [0.717, 1.165) is 22.0 Å². The maximum atomic E-state index is 13.0. The van der Waals surface area contributed by atoms with Crippen LogP contribution in [0, 0.1) is 11.3 Å². The number of carbonyl (C=O) groups excluding carboxylic acids is 2. The zero-order valence-electron chi connectivity index (χ0n) is 19.1. The summed E-state index contributed by atoms with van der Waals surface area (Å²) in [7, 11) is 1.96. The summed E-state index contributed by atoms with van der Waals surface area (Å²) in [5.74, 6) is -3.12. The Morgan fingerprint density at radius 2 is 1.64 bits per heavy atom. The molecule has 0 aliphatic rings. The number of nitrogens with one attached hydrogen (secondary N) is 1. The number of pyridine rings is 1. The van der Waals surface area contributed by atoms with E-state index >= 15 is 0 Å². The van der Waals surface area contributed by atoms with Gasteiger partial charge in [-0.3, -0.25) is 4.79 Å². The quantitative estimate of drug-likeness (QED) is 0.431. The molecule has 2 heterocycles. The molecule has 2 aromatic carbocycles. The number of halogens is 3. The highest BCUT2D eigenvalue weighted by molar-refractivity contribution is 5.98. The predicted molar refractivity (Wildman–Crippen MR) is 122 cm³/mol. The summed E-state index contributed by atoms with van der Waals surface area (Å²) in [4.78, 5) is 21.8. The fourth-order valence-electron chi connectivity index (χ4n) is 3.36. The van der Waals surface area contributed by atoms with Gasteiger partial charge in [0, 0.05) is 36.1 Å².